The Balaban J connectivity index is 2.15. The Bertz CT molecular complexity index is 364. The summed E-state index contributed by atoms with van der Waals surface area (Å²) in [5, 5.41) is 3.68. The molecule has 1 aromatic heterocycles. The largest absolute Gasteiger partial charge is 0.383 e. The molecule has 2 rings (SSSR count). The number of nitrogens with one attached hydrogen (secondary N) is 1. The Morgan fingerprint density at radius 1 is 1.56 bits per heavy atom. The first kappa shape index (κ1) is 13.6. The van der Waals surface area contributed by atoms with Gasteiger partial charge < -0.3 is 14.6 Å². The molecule has 3 unspecified atom stereocenters. The first-order chi connectivity index (χ1) is 8.76. The lowest BCUT2D eigenvalue weighted by Crippen LogP contribution is -2.36. The summed E-state index contributed by atoms with van der Waals surface area (Å²) in [5.41, 5.74) is 1.31. The molecular weight excluding hydrogens is 226 g/mol. The molecule has 0 aliphatic carbocycles. The van der Waals surface area contributed by atoms with E-state index in [1.807, 2.05) is 12.5 Å². The Hall–Kier alpha value is -0.870. The molecule has 1 N–H and O–H groups in total. The first-order valence-corrected chi connectivity index (χ1v) is 7.03. The fourth-order valence-corrected chi connectivity index (χ4v) is 2.85. The highest BCUT2D eigenvalue weighted by Gasteiger charge is 2.24. The normalized spacial score (nSPS) is 26.2. The lowest BCUT2D eigenvalue weighted by Gasteiger charge is -2.31. The summed E-state index contributed by atoms with van der Waals surface area (Å²) >= 11 is 0. The molecule has 0 radical (unpaired) electrons. The number of methoxy groups -OCH3 is 1. The van der Waals surface area contributed by atoms with Crippen molar-refractivity contribution in [1.29, 1.82) is 0 Å². The van der Waals surface area contributed by atoms with E-state index in [1.165, 1.54) is 25.0 Å². The van der Waals surface area contributed by atoms with Gasteiger partial charge in [-0.15, -0.1) is 0 Å². The smallest absolute Gasteiger partial charge is 0.0952 e. The maximum atomic E-state index is 5.31. The minimum absolute atomic E-state index is 0.395. The molecule has 1 aromatic rings. The van der Waals surface area contributed by atoms with Crippen molar-refractivity contribution in [2.75, 3.05) is 13.7 Å². The molecule has 1 fully saturated rings. The third-order valence-corrected chi connectivity index (χ3v) is 3.89. The molecule has 1 aliphatic rings. The Morgan fingerprint density at radius 2 is 2.39 bits per heavy atom. The number of ether oxygens (including phenoxy) is 1. The average molecular weight is 251 g/mol. The lowest BCUT2D eigenvalue weighted by atomic mass is 9.97. The monoisotopic (exact) mass is 251 g/mol. The standard InChI is InChI=1S/C14H25N3O/c1-4-12(9-18-3)17-10-15-8-14(17)13-7-5-6-11(2)16-13/h8,10-13,16H,4-7,9H2,1-3H3. The second-order valence-corrected chi connectivity index (χ2v) is 5.29. The zero-order valence-electron chi connectivity index (χ0n) is 11.7. The molecule has 3 atom stereocenters. The van der Waals surface area contributed by atoms with Gasteiger partial charge in [0.05, 0.1) is 24.7 Å². The fourth-order valence-electron chi connectivity index (χ4n) is 2.85. The van der Waals surface area contributed by atoms with Gasteiger partial charge in [-0.05, 0) is 32.6 Å². The molecule has 1 aliphatic heterocycles. The summed E-state index contributed by atoms with van der Waals surface area (Å²) in [5.74, 6) is 0. The van der Waals surface area contributed by atoms with E-state index in [0.717, 1.165) is 13.0 Å². The molecule has 4 nitrogen and oxygen atoms in total. The minimum atomic E-state index is 0.395. The van der Waals surface area contributed by atoms with Gasteiger partial charge in [0.25, 0.3) is 0 Å². The summed E-state index contributed by atoms with van der Waals surface area (Å²) < 4.78 is 7.60. The van der Waals surface area contributed by atoms with Gasteiger partial charge in [0.2, 0.25) is 0 Å². The number of nitrogens with zero attached hydrogens (tertiary/aromatic N) is 2. The molecule has 1 saturated heterocycles. The van der Waals surface area contributed by atoms with Crippen LogP contribution in [-0.2, 0) is 4.74 Å². The quantitative estimate of drug-likeness (QED) is 0.874. The van der Waals surface area contributed by atoms with Crippen molar-refractivity contribution in [3.63, 3.8) is 0 Å². The predicted molar refractivity (Wildman–Crippen MR) is 72.6 cm³/mol. The maximum Gasteiger partial charge on any atom is 0.0952 e. The van der Waals surface area contributed by atoms with E-state index in [1.54, 1.807) is 7.11 Å². The van der Waals surface area contributed by atoms with Crippen LogP contribution in [-0.4, -0.2) is 29.3 Å². The fraction of sp³-hybridized carbons (Fsp3) is 0.786. The minimum Gasteiger partial charge on any atom is -0.383 e. The average Bonchev–Trinajstić information content (AvgIpc) is 2.85. The predicted octanol–water partition coefficient (Wildman–Crippen LogP) is 2.68. The summed E-state index contributed by atoms with van der Waals surface area (Å²) in [6.45, 7) is 5.21. The van der Waals surface area contributed by atoms with Gasteiger partial charge >= 0.3 is 0 Å². The van der Waals surface area contributed by atoms with Crippen LogP contribution in [0.2, 0.25) is 0 Å². The second kappa shape index (κ2) is 6.34. The van der Waals surface area contributed by atoms with Crippen molar-refractivity contribution in [3.05, 3.63) is 18.2 Å². The topological polar surface area (TPSA) is 39.1 Å². The molecule has 4 heteroatoms. The SMILES string of the molecule is CCC(COC)n1cncc1C1CCCC(C)N1. The van der Waals surface area contributed by atoms with E-state index >= 15 is 0 Å². The molecule has 18 heavy (non-hydrogen) atoms. The number of imidazole rings is 1. The van der Waals surface area contributed by atoms with Crippen LogP contribution in [0.1, 0.15) is 57.3 Å². The van der Waals surface area contributed by atoms with Crippen molar-refractivity contribution in [2.24, 2.45) is 0 Å². The molecule has 0 aromatic carbocycles. The van der Waals surface area contributed by atoms with E-state index in [4.69, 9.17) is 4.74 Å². The van der Waals surface area contributed by atoms with Crippen molar-refractivity contribution in [1.82, 2.24) is 14.9 Å². The summed E-state index contributed by atoms with van der Waals surface area (Å²) in [6, 6.07) is 1.45. The highest BCUT2D eigenvalue weighted by Crippen LogP contribution is 2.27. The molecule has 0 saturated carbocycles. The molecule has 102 valence electrons. The van der Waals surface area contributed by atoms with Crippen molar-refractivity contribution < 1.29 is 4.74 Å². The van der Waals surface area contributed by atoms with Crippen molar-refractivity contribution >= 4 is 0 Å². The van der Waals surface area contributed by atoms with Crippen LogP contribution in [0.5, 0.6) is 0 Å². The number of aromatic nitrogens is 2. The van der Waals surface area contributed by atoms with E-state index in [9.17, 15) is 0 Å². The van der Waals surface area contributed by atoms with Crippen LogP contribution >= 0.6 is 0 Å². The summed E-state index contributed by atoms with van der Waals surface area (Å²) in [6.07, 6.45) is 8.81. The van der Waals surface area contributed by atoms with Crippen LogP contribution in [0.3, 0.4) is 0 Å². The van der Waals surface area contributed by atoms with Crippen LogP contribution in [0.15, 0.2) is 12.5 Å². The number of hydrogen-bond acceptors (Lipinski definition) is 3. The first-order valence-electron chi connectivity index (χ1n) is 7.03. The van der Waals surface area contributed by atoms with E-state index in [-0.39, 0.29) is 0 Å². The van der Waals surface area contributed by atoms with E-state index in [0.29, 0.717) is 18.1 Å². The Morgan fingerprint density at radius 3 is 3.06 bits per heavy atom. The zero-order valence-corrected chi connectivity index (χ0v) is 11.7. The number of rotatable bonds is 5. The van der Waals surface area contributed by atoms with Crippen LogP contribution in [0.25, 0.3) is 0 Å². The Kier molecular flexibility index (Phi) is 4.78. The van der Waals surface area contributed by atoms with Crippen molar-refractivity contribution in [2.45, 2.75) is 57.7 Å². The second-order valence-electron chi connectivity index (χ2n) is 5.29. The van der Waals surface area contributed by atoms with Gasteiger partial charge in [-0.1, -0.05) is 6.92 Å². The van der Waals surface area contributed by atoms with Gasteiger partial charge in [0.1, 0.15) is 0 Å². The van der Waals surface area contributed by atoms with E-state index in [2.05, 4.69) is 28.7 Å². The van der Waals surface area contributed by atoms with Gasteiger partial charge in [-0.3, -0.25) is 0 Å². The highest BCUT2D eigenvalue weighted by molar-refractivity contribution is 5.08. The van der Waals surface area contributed by atoms with Gasteiger partial charge in [0, 0.05) is 25.4 Å². The summed E-state index contributed by atoms with van der Waals surface area (Å²) in [4.78, 5) is 4.34. The van der Waals surface area contributed by atoms with Crippen LogP contribution < -0.4 is 5.32 Å². The summed E-state index contributed by atoms with van der Waals surface area (Å²) in [7, 11) is 1.76. The number of hydrogen-bond donors (Lipinski definition) is 1. The molecule has 0 amide bonds. The van der Waals surface area contributed by atoms with Gasteiger partial charge in [-0.25, -0.2) is 4.98 Å². The molecule has 0 spiro atoms. The van der Waals surface area contributed by atoms with Crippen LogP contribution in [0, 0.1) is 0 Å². The third-order valence-electron chi connectivity index (χ3n) is 3.89. The zero-order chi connectivity index (χ0) is 13.0. The molecular formula is C14H25N3O. The number of piperidine rings is 1. The molecule has 2 heterocycles. The highest BCUT2D eigenvalue weighted by atomic mass is 16.5. The van der Waals surface area contributed by atoms with Crippen LogP contribution in [0.4, 0.5) is 0 Å². The third kappa shape index (κ3) is 2.93. The van der Waals surface area contributed by atoms with E-state index < -0.39 is 0 Å². The lowest BCUT2D eigenvalue weighted by molar-refractivity contribution is 0.150. The maximum absolute atomic E-state index is 5.31. The Labute approximate surface area is 110 Å². The van der Waals surface area contributed by atoms with Gasteiger partial charge in [0.15, 0.2) is 0 Å². The van der Waals surface area contributed by atoms with Gasteiger partial charge in [-0.2, -0.15) is 0 Å². The van der Waals surface area contributed by atoms with Crippen molar-refractivity contribution in [3.8, 4) is 0 Å². The molecule has 0 bridgehead atoms.